The first kappa shape index (κ1) is 15.4. The number of likely N-dealkylation sites (tertiary alicyclic amines) is 1. The molecule has 1 aliphatic heterocycles. The third kappa shape index (κ3) is 4.82. The van der Waals surface area contributed by atoms with Crippen LogP contribution in [-0.2, 0) is 5.41 Å². The molecule has 0 spiro atoms. The van der Waals surface area contributed by atoms with E-state index in [2.05, 4.69) is 55.3 Å². The maximum absolute atomic E-state index is 3.56. The highest BCUT2D eigenvalue weighted by molar-refractivity contribution is 5.47. The highest BCUT2D eigenvalue weighted by Gasteiger charge is 2.13. The van der Waals surface area contributed by atoms with Crippen LogP contribution in [0.4, 0.5) is 5.69 Å². The normalized spacial score (nSPS) is 16.6. The van der Waals surface area contributed by atoms with Crippen molar-refractivity contribution in [3.8, 4) is 0 Å². The van der Waals surface area contributed by atoms with Crippen molar-refractivity contribution < 1.29 is 0 Å². The zero-order chi connectivity index (χ0) is 14.4. The van der Waals surface area contributed by atoms with Gasteiger partial charge in [-0.2, -0.15) is 0 Å². The van der Waals surface area contributed by atoms with Crippen LogP contribution in [0.15, 0.2) is 24.3 Å². The van der Waals surface area contributed by atoms with Gasteiger partial charge in [-0.25, -0.2) is 0 Å². The molecule has 0 aliphatic carbocycles. The smallest absolute Gasteiger partial charge is 0.0343 e. The van der Waals surface area contributed by atoms with Crippen molar-refractivity contribution in [3.63, 3.8) is 0 Å². The van der Waals surface area contributed by atoms with E-state index in [1.807, 2.05) is 0 Å². The molecule has 1 aromatic rings. The number of hydrogen-bond acceptors (Lipinski definition) is 2. The highest BCUT2D eigenvalue weighted by Crippen LogP contribution is 2.24. The van der Waals surface area contributed by atoms with Gasteiger partial charge in [-0.3, -0.25) is 0 Å². The summed E-state index contributed by atoms with van der Waals surface area (Å²) in [6.45, 7) is 11.8. The summed E-state index contributed by atoms with van der Waals surface area (Å²) in [5.41, 5.74) is 2.89. The van der Waals surface area contributed by atoms with Gasteiger partial charge in [0, 0.05) is 12.2 Å². The average molecular weight is 274 g/mol. The number of nitrogens with one attached hydrogen (secondary N) is 1. The molecule has 0 radical (unpaired) electrons. The molecule has 1 aliphatic rings. The summed E-state index contributed by atoms with van der Waals surface area (Å²) in [5.74, 6) is 0. The minimum Gasteiger partial charge on any atom is -0.385 e. The van der Waals surface area contributed by atoms with Crippen molar-refractivity contribution in [2.24, 2.45) is 0 Å². The van der Waals surface area contributed by atoms with Crippen molar-refractivity contribution in [1.29, 1.82) is 0 Å². The molecular weight excluding hydrogens is 244 g/mol. The molecule has 1 saturated heterocycles. The Kier molecular flexibility index (Phi) is 5.47. The predicted octanol–water partition coefficient (Wildman–Crippen LogP) is 4.27. The predicted molar refractivity (Wildman–Crippen MR) is 88.5 cm³/mol. The standard InChI is InChI=1S/C18H30N2/c1-18(2,3)16-9-8-10-17(15-16)19-11-4-5-12-20-13-6-7-14-20/h8-10,15,19H,4-7,11-14H2,1-3H3. The Hall–Kier alpha value is -1.02. The van der Waals surface area contributed by atoms with Crippen LogP contribution in [-0.4, -0.2) is 31.1 Å². The van der Waals surface area contributed by atoms with E-state index in [1.165, 1.54) is 56.6 Å². The zero-order valence-electron chi connectivity index (χ0n) is 13.4. The van der Waals surface area contributed by atoms with E-state index >= 15 is 0 Å². The third-order valence-electron chi connectivity index (χ3n) is 4.16. The number of hydrogen-bond donors (Lipinski definition) is 1. The van der Waals surface area contributed by atoms with Gasteiger partial charge in [0.1, 0.15) is 0 Å². The first-order chi connectivity index (χ1) is 9.55. The van der Waals surface area contributed by atoms with E-state index in [1.54, 1.807) is 0 Å². The molecule has 1 heterocycles. The molecule has 1 fully saturated rings. The topological polar surface area (TPSA) is 15.3 Å². The largest absolute Gasteiger partial charge is 0.385 e. The minimum absolute atomic E-state index is 0.230. The third-order valence-corrected chi connectivity index (χ3v) is 4.16. The molecular formula is C18H30N2. The van der Waals surface area contributed by atoms with Gasteiger partial charge in [-0.15, -0.1) is 0 Å². The fraction of sp³-hybridized carbons (Fsp3) is 0.667. The summed E-state index contributed by atoms with van der Waals surface area (Å²) in [5, 5.41) is 3.56. The minimum atomic E-state index is 0.230. The zero-order valence-corrected chi connectivity index (χ0v) is 13.4. The Morgan fingerprint density at radius 3 is 2.55 bits per heavy atom. The van der Waals surface area contributed by atoms with Crippen molar-refractivity contribution in [3.05, 3.63) is 29.8 Å². The first-order valence-electron chi connectivity index (χ1n) is 8.12. The summed E-state index contributed by atoms with van der Waals surface area (Å²) >= 11 is 0. The molecule has 20 heavy (non-hydrogen) atoms. The number of unbranched alkanes of at least 4 members (excludes halogenated alkanes) is 1. The molecule has 0 atom stereocenters. The Balaban J connectivity index is 1.68. The van der Waals surface area contributed by atoms with Gasteiger partial charge < -0.3 is 10.2 Å². The quantitative estimate of drug-likeness (QED) is 0.779. The van der Waals surface area contributed by atoms with E-state index in [0.717, 1.165) is 6.54 Å². The van der Waals surface area contributed by atoms with E-state index in [0.29, 0.717) is 0 Å². The van der Waals surface area contributed by atoms with E-state index in [9.17, 15) is 0 Å². The van der Waals surface area contributed by atoms with Gasteiger partial charge in [-0.1, -0.05) is 32.9 Å². The maximum atomic E-state index is 3.56. The van der Waals surface area contributed by atoms with Crippen LogP contribution >= 0.6 is 0 Å². The lowest BCUT2D eigenvalue weighted by Crippen LogP contribution is -2.20. The Morgan fingerprint density at radius 2 is 1.85 bits per heavy atom. The second kappa shape index (κ2) is 7.12. The van der Waals surface area contributed by atoms with E-state index in [4.69, 9.17) is 0 Å². The lowest BCUT2D eigenvalue weighted by molar-refractivity contribution is 0.331. The van der Waals surface area contributed by atoms with Gasteiger partial charge in [0.15, 0.2) is 0 Å². The van der Waals surface area contributed by atoms with E-state index < -0.39 is 0 Å². The molecule has 0 bridgehead atoms. The van der Waals surface area contributed by atoms with Gasteiger partial charge >= 0.3 is 0 Å². The molecule has 0 aromatic heterocycles. The number of benzene rings is 1. The fourth-order valence-corrected chi connectivity index (χ4v) is 2.80. The fourth-order valence-electron chi connectivity index (χ4n) is 2.80. The van der Waals surface area contributed by atoms with Crippen LogP contribution < -0.4 is 5.32 Å². The Morgan fingerprint density at radius 1 is 1.10 bits per heavy atom. The second-order valence-electron chi connectivity index (χ2n) is 7.01. The summed E-state index contributed by atoms with van der Waals surface area (Å²) in [6, 6.07) is 8.85. The molecule has 1 aromatic carbocycles. The molecule has 2 rings (SSSR count). The highest BCUT2D eigenvalue weighted by atomic mass is 15.1. The van der Waals surface area contributed by atoms with Crippen LogP contribution in [0.5, 0.6) is 0 Å². The lowest BCUT2D eigenvalue weighted by Gasteiger charge is -2.20. The number of anilines is 1. The lowest BCUT2D eigenvalue weighted by atomic mass is 9.87. The number of rotatable bonds is 6. The summed E-state index contributed by atoms with van der Waals surface area (Å²) in [4.78, 5) is 2.60. The monoisotopic (exact) mass is 274 g/mol. The molecule has 0 unspecified atom stereocenters. The van der Waals surface area contributed by atoms with Crippen LogP contribution in [0.3, 0.4) is 0 Å². The van der Waals surface area contributed by atoms with E-state index in [-0.39, 0.29) is 5.41 Å². The van der Waals surface area contributed by atoms with Crippen LogP contribution in [0, 0.1) is 0 Å². The number of nitrogens with zero attached hydrogens (tertiary/aromatic N) is 1. The molecule has 2 heteroatoms. The van der Waals surface area contributed by atoms with Gasteiger partial charge in [-0.05, 0) is 68.4 Å². The Bertz CT molecular complexity index is 400. The van der Waals surface area contributed by atoms with Gasteiger partial charge in [0.05, 0.1) is 0 Å². The molecule has 1 N–H and O–H groups in total. The maximum Gasteiger partial charge on any atom is 0.0343 e. The summed E-state index contributed by atoms with van der Waals surface area (Å²) in [6.07, 6.45) is 5.37. The van der Waals surface area contributed by atoms with Gasteiger partial charge in [0.2, 0.25) is 0 Å². The summed E-state index contributed by atoms with van der Waals surface area (Å²) < 4.78 is 0. The van der Waals surface area contributed by atoms with Crippen LogP contribution in [0.2, 0.25) is 0 Å². The SMILES string of the molecule is CC(C)(C)c1cccc(NCCCCN2CCCC2)c1. The molecule has 2 nitrogen and oxygen atoms in total. The summed E-state index contributed by atoms with van der Waals surface area (Å²) in [7, 11) is 0. The molecule has 112 valence electrons. The van der Waals surface area contributed by atoms with Crippen LogP contribution in [0.1, 0.15) is 52.0 Å². The van der Waals surface area contributed by atoms with Crippen molar-refractivity contribution in [2.45, 2.75) is 51.9 Å². The van der Waals surface area contributed by atoms with Gasteiger partial charge in [0.25, 0.3) is 0 Å². The van der Waals surface area contributed by atoms with Crippen LogP contribution in [0.25, 0.3) is 0 Å². The Labute approximate surface area is 124 Å². The first-order valence-corrected chi connectivity index (χ1v) is 8.12. The molecule has 0 saturated carbocycles. The average Bonchev–Trinajstić information content (AvgIpc) is 2.91. The molecule has 0 amide bonds. The second-order valence-corrected chi connectivity index (χ2v) is 7.01. The van der Waals surface area contributed by atoms with Crippen molar-refractivity contribution in [1.82, 2.24) is 4.90 Å². The van der Waals surface area contributed by atoms with Crippen molar-refractivity contribution in [2.75, 3.05) is 31.5 Å². The van der Waals surface area contributed by atoms with Crippen molar-refractivity contribution >= 4 is 5.69 Å².